The highest BCUT2D eigenvalue weighted by Gasteiger charge is 2.43. The predicted octanol–water partition coefficient (Wildman–Crippen LogP) is 6.50. The molecule has 0 amide bonds. The summed E-state index contributed by atoms with van der Waals surface area (Å²) < 4.78 is 80.6. The summed E-state index contributed by atoms with van der Waals surface area (Å²) in [6.07, 6.45) is -10.0. The third kappa shape index (κ3) is 4.29. The second-order valence-electron chi connectivity index (χ2n) is 8.24. The molecule has 1 atom stereocenters. The zero-order valence-corrected chi connectivity index (χ0v) is 18.7. The number of H-pyrrole nitrogens is 1. The maximum Gasteiger partial charge on any atom is 0.451 e. The molecule has 5 rings (SSSR count). The lowest BCUT2D eigenvalue weighted by Gasteiger charge is -2.36. The van der Waals surface area contributed by atoms with Crippen molar-refractivity contribution in [3.8, 4) is 0 Å². The van der Waals surface area contributed by atoms with E-state index in [2.05, 4.69) is 19.9 Å². The molecule has 0 bridgehead atoms. The van der Waals surface area contributed by atoms with Gasteiger partial charge < -0.3 is 9.88 Å². The van der Waals surface area contributed by atoms with E-state index in [-0.39, 0.29) is 6.54 Å². The first-order valence-corrected chi connectivity index (χ1v) is 10.8. The molecular weight excluding hydrogens is 496 g/mol. The van der Waals surface area contributed by atoms with Gasteiger partial charge in [0, 0.05) is 28.2 Å². The summed E-state index contributed by atoms with van der Waals surface area (Å²) in [6, 6.07) is 11.7. The van der Waals surface area contributed by atoms with E-state index >= 15 is 0 Å². The van der Waals surface area contributed by atoms with Crippen molar-refractivity contribution in [1.29, 1.82) is 0 Å². The lowest BCUT2D eigenvalue weighted by atomic mass is 9.92. The van der Waals surface area contributed by atoms with Crippen LogP contribution in [0.5, 0.6) is 0 Å². The van der Waals surface area contributed by atoms with Crippen LogP contribution in [0.15, 0.2) is 42.5 Å². The van der Waals surface area contributed by atoms with Crippen LogP contribution in [0.2, 0.25) is 5.02 Å². The van der Waals surface area contributed by atoms with Crippen molar-refractivity contribution >= 4 is 28.5 Å². The van der Waals surface area contributed by atoms with E-state index in [9.17, 15) is 26.3 Å². The number of rotatable bonds is 2. The molecule has 0 fully saturated rings. The molecule has 3 heterocycles. The van der Waals surface area contributed by atoms with Gasteiger partial charge in [0.2, 0.25) is 17.6 Å². The van der Waals surface area contributed by atoms with Crippen molar-refractivity contribution in [2.75, 3.05) is 11.4 Å². The van der Waals surface area contributed by atoms with Crippen LogP contribution in [0.1, 0.15) is 40.1 Å². The number of nitrogens with zero attached hydrogens (tertiary/aromatic N) is 4. The SMILES string of the molecule is Cc1ccc([C@H]2c3[nH]c4ccc(Cl)cc4c3CCN2c2nc(C(F)(F)F)nc(C(F)(F)F)n2)cc1. The summed E-state index contributed by atoms with van der Waals surface area (Å²) in [5.41, 5.74) is 3.85. The molecule has 4 aromatic rings. The standard InChI is InChI=1S/C23H16ClF6N5/c1-11-2-4-12(5-3-11)18-17-14(15-10-13(24)6-7-16(15)31-17)8-9-35(18)21-33-19(22(25,26)27)32-20(34-21)23(28,29)30/h2-7,10,18,31H,8-9H2,1H3/t18-/m0/s1. The second-order valence-corrected chi connectivity index (χ2v) is 8.68. The van der Waals surface area contributed by atoms with Gasteiger partial charge in [0.1, 0.15) is 0 Å². The van der Waals surface area contributed by atoms with Crippen molar-refractivity contribution < 1.29 is 26.3 Å². The Morgan fingerprint density at radius 1 is 0.914 bits per heavy atom. The summed E-state index contributed by atoms with van der Waals surface area (Å²) in [6.45, 7) is 1.94. The summed E-state index contributed by atoms with van der Waals surface area (Å²) in [7, 11) is 0. The van der Waals surface area contributed by atoms with E-state index in [1.54, 1.807) is 30.3 Å². The van der Waals surface area contributed by atoms with Crippen LogP contribution in [0, 0.1) is 6.92 Å². The minimum absolute atomic E-state index is 0.0730. The Morgan fingerprint density at radius 3 is 2.14 bits per heavy atom. The number of aromatic nitrogens is 4. The first-order valence-electron chi connectivity index (χ1n) is 10.5. The highest BCUT2D eigenvalue weighted by molar-refractivity contribution is 6.31. The van der Waals surface area contributed by atoms with Crippen LogP contribution in [0.4, 0.5) is 32.3 Å². The van der Waals surface area contributed by atoms with Gasteiger partial charge >= 0.3 is 12.4 Å². The number of hydrogen-bond acceptors (Lipinski definition) is 4. The number of halogens is 7. The Bertz CT molecular complexity index is 1380. The van der Waals surface area contributed by atoms with Crippen LogP contribution in [-0.2, 0) is 18.8 Å². The van der Waals surface area contributed by atoms with Crippen LogP contribution >= 0.6 is 11.6 Å². The Kier molecular flexibility index (Phi) is 5.42. The smallest absolute Gasteiger partial charge is 0.356 e. The maximum atomic E-state index is 13.4. The maximum absolute atomic E-state index is 13.4. The third-order valence-electron chi connectivity index (χ3n) is 5.87. The molecule has 5 nitrogen and oxygen atoms in total. The molecule has 2 aromatic carbocycles. The molecular formula is C23H16ClF6N5. The Hall–Kier alpha value is -3.34. The van der Waals surface area contributed by atoms with E-state index in [1.807, 2.05) is 19.1 Å². The summed E-state index contributed by atoms with van der Waals surface area (Å²) in [5, 5.41) is 1.35. The number of fused-ring (bicyclic) bond motifs is 3. The van der Waals surface area contributed by atoms with E-state index in [4.69, 9.17) is 11.6 Å². The Morgan fingerprint density at radius 2 is 1.54 bits per heavy atom. The van der Waals surface area contributed by atoms with Crippen molar-refractivity contribution in [3.63, 3.8) is 0 Å². The number of alkyl halides is 6. The molecule has 0 aliphatic carbocycles. The van der Waals surface area contributed by atoms with Gasteiger partial charge in [0.05, 0.1) is 6.04 Å². The third-order valence-corrected chi connectivity index (χ3v) is 6.10. The number of aryl methyl sites for hydroxylation is 1. The molecule has 1 aliphatic heterocycles. The van der Waals surface area contributed by atoms with Gasteiger partial charge in [-0.15, -0.1) is 0 Å². The van der Waals surface area contributed by atoms with Gasteiger partial charge in [-0.3, -0.25) is 0 Å². The molecule has 1 N–H and O–H groups in total. The van der Waals surface area contributed by atoms with Gasteiger partial charge in [0.25, 0.3) is 0 Å². The summed E-state index contributed by atoms with van der Waals surface area (Å²) in [4.78, 5) is 14.1. The fourth-order valence-electron chi connectivity index (χ4n) is 4.32. The fraction of sp³-hybridized carbons (Fsp3) is 0.261. The van der Waals surface area contributed by atoms with Gasteiger partial charge in [-0.1, -0.05) is 41.4 Å². The molecule has 35 heavy (non-hydrogen) atoms. The van der Waals surface area contributed by atoms with E-state index in [0.29, 0.717) is 22.7 Å². The highest BCUT2D eigenvalue weighted by atomic mass is 35.5. The topological polar surface area (TPSA) is 57.7 Å². The molecule has 0 spiro atoms. The second kappa shape index (κ2) is 8.11. The van der Waals surface area contributed by atoms with Crippen molar-refractivity contribution in [2.45, 2.75) is 31.7 Å². The molecule has 0 unspecified atom stereocenters. The molecule has 2 aromatic heterocycles. The number of hydrogen-bond donors (Lipinski definition) is 1. The Balaban J connectivity index is 1.73. The van der Waals surface area contributed by atoms with Gasteiger partial charge in [0.15, 0.2) is 0 Å². The normalized spacial score (nSPS) is 16.6. The molecule has 12 heteroatoms. The lowest BCUT2D eigenvalue weighted by Crippen LogP contribution is -2.38. The van der Waals surface area contributed by atoms with Crippen LogP contribution in [0.3, 0.4) is 0 Å². The van der Waals surface area contributed by atoms with E-state index in [1.165, 1.54) is 4.90 Å². The number of nitrogens with one attached hydrogen (secondary N) is 1. The summed E-state index contributed by atoms with van der Waals surface area (Å²) in [5.74, 6) is -4.49. The average Bonchev–Trinajstić information content (AvgIpc) is 3.15. The number of benzene rings is 2. The first-order chi connectivity index (χ1) is 16.4. The lowest BCUT2D eigenvalue weighted by molar-refractivity contribution is -0.155. The molecule has 0 saturated heterocycles. The molecule has 0 saturated carbocycles. The summed E-state index contributed by atoms with van der Waals surface area (Å²) >= 11 is 6.17. The zero-order chi connectivity index (χ0) is 25.1. The van der Waals surface area contributed by atoms with Gasteiger partial charge in [-0.2, -0.15) is 36.3 Å². The van der Waals surface area contributed by atoms with E-state index < -0.39 is 36.0 Å². The highest BCUT2D eigenvalue weighted by Crippen LogP contribution is 2.41. The molecule has 182 valence electrons. The predicted molar refractivity (Wildman–Crippen MR) is 117 cm³/mol. The number of aromatic amines is 1. The van der Waals surface area contributed by atoms with Gasteiger partial charge in [-0.25, -0.2) is 4.98 Å². The number of anilines is 1. The Labute approximate surface area is 199 Å². The minimum Gasteiger partial charge on any atom is -0.356 e. The van der Waals surface area contributed by atoms with Crippen LogP contribution in [-0.4, -0.2) is 26.5 Å². The average molecular weight is 512 g/mol. The van der Waals surface area contributed by atoms with Crippen molar-refractivity contribution in [1.82, 2.24) is 19.9 Å². The first kappa shape index (κ1) is 23.4. The fourth-order valence-corrected chi connectivity index (χ4v) is 4.49. The van der Waals surface area contributed by atoms with E-state index in [0.717, 1.165) is 22.0 Å². The quantitative estimate of drug-likeness (QED) is 0.312. The van der Waals surface area contributed by atoms with Gasteiger partial charge in [-0.05, 0) is 42.7 Å². The van der Waals surface area contributed by atoms with Crippen molar-refractivity contribution in [2.24, 2.45) is 0 Å². The largest absolute Gasteiger partial charge is 0.451 e. The van der Waals surface area contributed by atoms with Crippen LogP contribution in [0.25, 0.3) is 10.9 Å². The zero-order valence-electron chi connectivity index (χ0n) is 18.0. The van der Waals surface area contributed by atoms with Crippen molar-refractivity contribution in [3.05, 3.63) is 81.5 Å². The van der Waals surface area contributed by atoms with Crippen LogP contribution < -0.4 is 4.90 Å². The minimum atomic E-state index is -5.18. The monoisotopic (exact) mass is 511 g/mol. The molecule has 0 radical (unpaired) electrons. The molecule has 1 aliphatic rings.